The molecule has 2 rings (SSSR count). The number of nitrogens with zero attached hydrogens (tertiary/aromatic N) is 2. The molecule has 2 aromatic carbocycles. The molecule has 0 aliphatic rings. The Morgan fingerprint density at radius 2 is 1.09 bits per heavy atom. The van der Waals surface area contributed by atoms with E-state index in [-0.39, 0.29) is 0 Å². The van der Waals surface area contributed by atoms with Gasteiger partial charge < -0.3 is 4.74 Å². The molecule has 0 saturated carbocycles. The molecule has 2 aromatic rings. The number of aryl methyl sites for hydroxylation is 1. The van der Waals surface area contributed by atoms with Crippen LogP contribution in [0.4, 0.5) is 11.4 Å². The van der Waals surface area contributed by atoms with Crippen LogP contribution in [0.5, 0.6) is 5.75 Å². The average Bonchev–Trinajstić information content (AvgIpc) is 2.87. The van der Waals surface area contributed by atoms with Crippen LogP contribution in [-0.2, 0) is 6.42 Å². The summed E-state index contributed by atoms with van der Waals surface area (Å²) in [4.78, 5) is 0. The van der Waals surface area contributed by atoms with E-state index >= 15 is 0 Å². The quantitative estimate of drug-likeness (QED) is 0.0954. The molecule has 188 valence electrons. The molecule has 0 atom stereocenters. The molecule has 34 heavy (non-hydrogen) atoms. The maximum Gasteiger partial charge on any atom is 0.119 e. The molecule has 3 nitrogen and oxygen atoms in total. The number of benzene rings is 2. The highest BCUT2D eigenvalue weighted by Gasteiger charge is 1.98. The number of unbranched alkanes of at least 4 members (excludes halogenated alkanes) is 12. The van der Waals surface area contributed by atoms with Crippen molar-refractivity contribution >= 4 is 27.3 Å². The predicted molar refractivity (Wildman–Crippen MR) is 150 cm³/mol. The van der Waals surface area contributed by atoms with Gasteiger partial charge in [0.1, 0.15) is 5.75 Å². The predicted octanol–water partition coefficient (Wildman–Crippen LogP) is 10.9. The Hall–Kier alpha value is -1.68. The van der Waals surface area contributed by atoms with E-state index < -0.39 is 0 Å². The van der Waals surface area contributed by atoms with Crippen LogP contribution >= 0.6 is 15.9 Å². The van der Waals surface area contributed by atoms with Gasteiger partial charge in [-0.15, -0.1) is 0 Å². The molecular formula is C30H45BrN2O. The Bertz CT molecular complexity index is 758. The van der Waals surface area contributed by atoms with Crippen LogP contribution in [0.25, 0.3) is 0 Å². The van der Waals surface area contributed by atoms with Gasteiger partial charge in [-0.1, -0.05) is 106 Å². The zero-order chi connectivity index (χ0) is 24.1. The monoisotopic (exact) mass is 528 g/mol. The summed E-state index contributed by atoms with van der Waals surface area (Å²) >= 11 is 3.50. The number of ether oxygens (including phenoxy) is 1. The maximum atomic E-state index is 5.89. The van der Waals surface area contributed by atoms with Gasteiger partial charge in [0.25, 0.3) is 0 Å². The Morgan fingerprint density at radius 3 is 1.65 bits per heavy atom. The fraction of sp³-hybridized carbons (Fsp3) is 0.600. The molecule has 0 heterocycles. The average molecular weight is 530 g/mol. The number of rotatable bonds is 20. The summed E-state index contributed by atoms with van der Waals surface area (Å²) < 4.78 is 5.89. The minimum Gasteiger partial charge on any atom is -0.494 e. The Morgan fingerprint density at radius 1 is 0.588 bits per heavy atom. The molecule has 0 amide bonds. The van der Waals surface area contributed by atoms with Gasteiger partial charge in [-0.05, 0) is 67.6 Å². The molecule has 0 aliphatic carbocycles. The van der Waals surface area contributed by atoms with Gasteiger partial charge in [0.05, 0.1) is 18.0 Å². The summed E-state index contributed by atoms with van der Waals surface area (Å²) in [7, 11) is 0. The van der Waals surface area contributed by atoms with Crippen LogP contribution in [-0.4, -0.2) is 11.9 Å². The summed E-state index contributed by atoms with van der Waals surface area (Å²) in [6.45, 7) is 3.04. The van der Waals surface area contributed by atoms with E-state index in [2.05, 4.69) is 57.3 Å². The molecular weight excluding hydrogens is 484 g/mol. The van der Waals surface area contributed by atoms with Gasteiger partial charge in [0.2, 0.25) is 0 Å². The van der Waals surface area contributed by atoms with Gasteiger partial charge in [0, 0.05) is 5.33 Å². The third kappa shape index (κ3) is 13.9. The highest BCUT2D eigenvalue weighted by molar-refractivity contribution is 9.09. The molecule has 0 saturated heterocycles. The topological polar surface area (TPSA) is 34.0 Å². The minimum atomic E-state index is 0.790. The van der Waals surface area contributed by atoms with Crippen molar-refractivity contribution in [1.29, 1.82) is 0 Å². The lowest BCUT2D eigenvalue weighted by Gasteiger charge is -2.06. The largest absolute Gasteiger partial charge is 0.494 e. The third-order valence-electron chi connectivity index (χ3n) is 6.17. The van der Waals surface area contributed by atoms with Crippen LogP contribution in [0, 0.1) is 0 Å². The molecule has 0 aromatic heterocycles. The lowest BCUT2D eigenvalue weighted by molar-refractivity contribution is 0.304. The summed E-state index contributed by atoms with van der Waals surface area (Å²) in [6, 6.07) is 16.4. The minimum absolute atomic E-state index is 0.790. The normalized spacial score (nSPS) is 11.4. The van der Waals surface area contributed by atoms with Gasteiger partial charge in [-0.2, -0.15) is 10.2 Å². The lowest BCUT2D eigenvalue weighted by atomic mass is 10.1. The van der Waals surface area contributed by atoms with E-state index in [0.29, 0.717) is 0 Å². The van der Waals surface area contributed by atoms with Crippen molar-refractivity contribution in [3.8, 4) is 5.75 Å². The first-order valence-corrected chi connectivity index (χ1v) is 14.7. The molecule has 0 bridgehead atoms. The van der Waals surface area contributed by atoms with Gasteiger partial charge in [-0.25, -0.2) is 0 Å². The first-order chi connectivity index (χ1) is 16.8. The zero-order valence-electron chi connectivity index (χ0n) is 21.3. The second kappa shape index (κ2) is 19.6. The molecule has 4 heteroatoms. The van der Waals surface area contributed by atoms with E-state index in [9.17, 15) is 0 Å². The zero-order valence-corrected chi connectivity index (χ0v) is 22.9. The third-order valence-corrected chi connectivity index (χ3v) is 6.73. The maximum absolute atomic E-state index is 5.89. The van der Waals surface area contributed by atoms with Crippen molar-refractivity contribution in [2.45, 2.75) is 103 Å². The van der Waals surface area contributed by atoms with Crippen molar-refractivity contribution in [2.24, 2.45) is 10.2 Å². The highest BCUT2D eigenvalue weighted by atomic mass is 79.9. The van der Waals surface area contributed by atoms with E-state index in [4.69, 9.17) is 4.74 Å². The molecule has 0 radical (unpaired) electrons. The summed E-state index contributed by atoms with van der Waals surface area (Å²) in [5, 5.41) is 9.89. The van der Waals surface area contributed by atoms with Crippen molar-refractivity contribution in [2.75, 3.05) is 11.9 Å². The van der Waals surface area contributed by atoms with E-state index in [0.717, 1.165) is 41.9 Å². The summed E-state index contributed by atoms with van der Waals surface area (Å²) in [5.41, 5.74) is 3.13. The van der Waals surface area contributed by atoms with Crippen LogP contribution in [0.15, 0.2) is 58.8 Å². The van der Waals surface area contributed by atoms with Crippen molar-refractivity contribution in [3.63, 3.8) is 0 Å². The number of alkyl halides is 1. The second-order valence-corrected chi connectivity index (χ2v) is 10.0. The van der Waals surface area contributed by atoms with Crippen molar-refractivity contribution < 1.29 is 4.74 Å². The van der Waals surface area contributed by atoms with E-state index in [1.54, 1.807) is 0 Å². The first kappa shape index (κ1) is 28.6. The number of azo groups is 1. The summed E-state index contributed by atoms with van der Waals surface area (Å²) in [6.07, 6.45) is 19.7. The number of hydrogen-bond acceptors (Lipinski definition) is 3. The van der Waals surface area contributed by atoms with E-state index in [1.165, 1.54) is 89.0 Å². The van der Waals surface area contributed by atoms with Crippen LogP contribution in [0.3, 0.4) is 0 Å². The standard InChI is InChI=1S/C30H45BrN2O/c1-2-3-4-13-16-27-17-19-28(20-18-27)32-33-29-21-23-30(24-22-29)34-26-15-12-10-8-6-5-7-9-11-14-25-31/h17-24H,2-16,25-26H2,1H3. The molecule has 0 aliphatic heterocycles. The highest BCUT2D eigenvalue weighted by Crippen LogP contribution is 2.22. The van der Waals surface area contributed by atoms with Crippen LogP contribution in [0.2, 0.25) is 0 Å². The van der Waals surface area contributed by atoms with Crippen LogP contribution < -0.4 is 4.74 Å². The first-order valence-electron chi connectivity index (χ1n) is 13.6. The molecule has 0 unspecified atom stereocenters. The van der Waals surface area contributed by atoms with Crippen molar-refractivity contribution in [3.05, 3.63) is 54.1 Å². The fourth-order valence-corrected chi connectivity index (χ4v) is 4.41. The number of hydrogen-bond donors (Lipinski definition) is 0. The van der Waals surface area contributed by atoms with Gasteiger partial charge in [-0.3, -0.25) is 0 Å². The SMILES string of the molecule is CCCCCCc1ccc(N=Nc2ccc(OCCCCCCCCCCCCBr)cc2)cc1. The van der Waals surface area contributed by atoms with Crippen molar-refractivity contribution in [1.82, 2.24) is 0 Å². The smallest absolute Gasteiger partial charge is 0.119 e. The molecule has 0 N–H and O–H groups in total. The summed E-state index contributed by atoms with van der Waals surface area (Å²) in [5.74, 6) is 0.912. The second-order valence-electron chi connectivity index (χ2n) is 9.24. The van der Waals surface area contributed by atoms with E-state index in [1.807, 2.05) is 24.3 Å². The van der Waals surface area contributed by atoms with Crippen LogP contribution in [0.1, 0.15) is 102 Å². The van der Waals surface area contributed by atoms with Gasteiger partial charge in [0.15, 0.2) is 0 Å². The lowest BCUT2D eigenvalue weighted by Crippen LogP contribution is -1.96. The fourth-order valence-electron chi connectivity index (χ4n) is 4.01. The van der Waals surface area contributed by atoms with Gasteiger partial charge >= 0.3 is 0 Å². The Kier molecular flexibility index (Phi) is 16.5. The Labute approximate surface area is 216 Å². The molecule has 0 spiro atoms. The Balaban J connectivity index is 1.55. The molecule has 0 fully saturated rings. The number of halogens is 1.